The van der Waals surface area contributed by atoms with Crippen LogP contribution in [0.15, 0.2) is 53.1 Å². The van der Waals surface area contributed by atoms with Crippen LogP contribution in [0.5, 0.6) is 5.75 Å². The standard InChI is InChI=1S/C20H21N3O4S/c1-14-6-5-7-15(10-14)13-28(24,25)23-11-16(12-23)20-21-19(22-27-20)17-8-3-4-9-18(17)26-2/h3-10,16H,11-13H2,1-2H3. The van der Waals surface area contributed by atoms with E-state index in [1.165, 1.54) is 4.31 Å². The van der Waals surface area contributed by atoms with Crippen molar-refractivity contribution in [2.45, 2.75) is 18.6 Å². The molecule has 28 heavy (non-hydrogen) atoms. The van der Waals surface area contributed by atoms with Crippen LogP contribution < -0.4 is 4.74 Å². The largest absolute Gasteiger partial charge is 0.496 e. The molecule has 0 saturated carbocycles. The Balaban J connectivity index is 1.43. The number of methoxy groups -OCH3 is 1. The maximum Gasteiger partial charge on any atom is 0.232 e. The van der Waals surface area contributed by atoms with E-state index < -0.39 is 10.0 Å². The second-order valence-corrected chi connectivity index (χ2v) is 8.88. The highest BCUT2D eigenvalue weighted by Crippen LogP contribution is 2.32. The van der Waals surface area contributed by atoms with Crippen LogP contribution in [0.2, 0.25) is 0 Å². The molecular weight excluding hydrogens is 378 g/mol. The molecular formula is C20H21N3O4S. The lowest BCUT2D eigenvalue weighted by Crippen LogP contribution is -2.48. The number of aryl methyl sites for hydroxylation is 1. The molecule has 0 spiro atoms. The molecule has 1 saturated heterocycles. The van der Waals surface area contributed by atoms with E-state index in [9.17, 15) is 8.42 Å². The predicted octanol–water partition coefficient (Wildman–Crippen LogP) is 2.98. The Hall–Kier alpha value is -2.71. The van der Waals surface area contributed by atoms with Gasteiger partial charge in [0.1, 0.15) is 5.75 Å². The van der Waals surface area contributed by atoms with Crippen molar-refractivity contribution in [2.24, 2.45) is 0 Å². The molecule has 0 atom stereocenters. The van der Waals surface area contributed by atoms with Crippen LogP contribution in [0.25, 0.3) is 11.4 Å². The van der Waals surface area contributed by atoms with Crippen molar-refractivity contribution < 1.29 is 17.7 Å². The van der Waals surface area contributed by atoms with Gasteiger partial charge in [0.2, 0.25) is 21.7 Å². The lowest BCUT2D eigenvalue weighted by Gasteiger charge is -2.35. The Bertz CT molecular complexity index is 1090. The van der Waals surface area contributed by atoms with Crippen molar-refractivity contribution in [3.8, 4) is 17.1 Å². The minimum atomic E-state index is -3.37. The van der Waals surface area contributed by atoms with Crippen LogP contribution in [0.4, 0.5) is 0 Å². The predicted molar refractivity (Wildman–Crippen MR) is 104 cm³/mol. The average molecular weight is 399 g/mol. The molecule has 1 aliphatic rings. The zero-order valence-electron chi connectivity index (χ0n) is 15.7. The topological polar surface area (TPSA) is 85.5 Å². The van der Waals surface area contributed by atoms with Gasteiger partial charge < -0.3 is 9.26 Å². The van der Waals surface area contributed by atoms with Crippen molar-refractivity contribution in [2.75, 3.05) is 20.2 Å². The highest BCUT2D eigenvalue weighted by molar-refractivity contribution is 7.88. The molecule has 1 aliphatic heterocycles. The summed E-state index contributed by atoms with van der Waals surface area (Å²) in [6.45, 7) is 2.65. The lowest BCUT2D eigenvalue weighted by atomic mass is 10.0. The van der Waals surface area contributed by atoms with E-state index in [-0.39, 0.29) is 11.7 Å². The van der Waals surface area contributed by atoms with Crippen molar-refractivity contribution in [1.29, 1.82) is 0 Å². The highest BCUT2D eigenvalue weighted by Gasteiger charge is 2.39. The Morgan fingerprint density at radius 1 is 1.18 bits per heavy atom. The fraction of sp³-hybridized carbons (Fsp3) is 0.300. The van der Waals surface area contributed by atoms with E-state index in [2.05, 4.69) is 10.1 Å². The van der Waals surface area contributed by atoms with Crippen LogP contribution in [0.3, 0.4) is 0 Å². The number of ether oxygens (including phenoxy) is 1. The summed E-state index contributed by atoms with van der Waals surface area (Å²) in [6, 6.07) is 15.0. The molecule has 0 radical (unpaired) electrons. The number of aromatic nitrogens is 2. The summed E-state index contributed by atoms with van der Waals surface area (Å²) < 4.78 is 37.4. The van der Waals surface area contributed by atoms with Gasteiger partial charge in [0.05, 0.1) is 24.3 Å². The van der Waals surface area contributed by atoms with Crippen molar-refractivity contribution in [1.82, 2.24) is 14.4 Å². The van der Waals surface area contributed by atoms with Gasteiger partial charge in [0, 0.05) is 13.1 Å². The maximum absolute atomic E-state index is 12.6. The van der Waals surface area contributed by atoms with Crippen LogP contribution in [0, 0.1) is 6.92 Å². The SMILES string of the molecule is COc1ccccc1-c1noc(C2CN(S(=O)(=O)Cc3cccc(C)c3)C2)n1. The molecule has 0 unspecified atom stereocenters. The summed E-state index contributed by atoms with van der Waals surface area (Å²) >= 11 is 0. The van der Waals surface area contributed by atoms with E-state index in [1.807, 2.05) is 55.5 Å². The average Bonchev–Trinajstić information content (AvgIpc) is 3.09. The summed E-state index contributed by atoms with van der Waals surface area (Å²) in [7, 11) is -1.78. The van der Waals surface area contributed by atoms with Crippen molar-refractivity contribution in [3.63, 3.8) is 0 Å². The van der Waals surface area contributed by atoms with E-state index >= 15 is 0 Å². The minimum absolute atomic E-state index is 0.00228. The molecule has 4 rings (SSSR count). The van der Waals surface area contributed by atoms with Crippen LogP contribution in [-0.4, -0.2) is 43.1 Å². The molecule has 2 aromatic carbocycles. The first kappa shape index (κ1) is 18.6. The molecule has 3 aromatic rings. The third-order valence-electron chi connectivity index (χ3n) is 4.81. The van der Waals surface area contributed by atoms with Gasteiger partial charge in [-0.3, -0.25) is 0 Å². The van der Waals surface area contributed by atoms with Crippen LogP contribution in [-0.2, 0) is 15.8 Å². The molecule has 8 heteroatoms. The van der Waals surface area contributed by atoms with Gasteiger partial charge in [0.25, 0.3) is 0 Å². The lowest BCUT2D eigenvalue weighted by molar-refractivity contribution is 0.216. The maximum atomic E-state index is 12.6. The fourth-order valence-electron chi connectivity index (χ4n) is 3.27. The third-order valence-corrected chi connectivity index (χ3v) is 6.59. The molecule has 2 heterocycles. The number of nitrogens with zero attached hydrogens (tertiary/aromatic N) is 3. The van der Waals surface area contributed by atoms with E-state index in [1.54, 1.807) is 7.11 Å². The summed E-state index contributed by atoms with van der Waals surface area (Å²) in [6.07, 6.45) is 0. The minimum Gasteiger partial charge on any atom is -0.496 e. The first-order valence-corrected chi connectivity index (χ1v) is 10.6. The van der Waals surface area contributed by atoms with Gasteiger partial charge in [0.15, 0.2) is 0 Å². The second-order valence-electron chi connectivity index (χ2n) is 6.92. The normalized spacial score (nSPS) is 15.4. The Morgan fingerprint density at radius 3 is 2.71 bits per heavy atom. The van der Waals surface area contributed by atoms with Gasteiger partial charge in [-0.25, -0.2) is 8.42 Å². The zero-order valence-corrected chi connectivity index (χ0v) is 16.5. The summed E-state index contributed by atoms with van der Waals surface area (Å²) in [5.41, 5.74) is 2.58. The third kappa shape index (κ3) is 3.65. The van der Waals surface area contributed by atoms with Crippen molar-refractivity contribution >= 4 is 10.0 Å². The molecule has 0 bridgehead atoms. The van der Waals surface area contributed by atoms with Crippen LogP contribution >= 0.6 is 0 Å². The van der Waals surface area contributed by atoms with E-state index in [4.69, 9.17) is 9.26 Å². The smallest absolute Gasteiger partial charge is 0.232 e. The number of para-hydroxylation sites is 1. The molecule has 146 valence electrons. The van der Waals surface area contributed by atoms with Gasteiger partial charge in [-0.1, -0.05) is 47.1 Å². The summed E-state index contributed by atoms with van der Waals surface area (Å²) in [5, 5.41) is 4.03. The number of hydrogen-bond acceptors (Lipinski definition) is 6. The van der Waals surface area contributed by atoms with Gasteiger partial charge >= 0.3 is 0 Å². The Morgan fingerprint density at radius 2 is 1.96 bits per heavy atom. The molecule has 0 amide bonds. The molecule has 1 aromatic heterocycles. The molecule has 0 N–H and O–H groups in total. The number of benzene rings is 2. The molecule has 7 nitrogen and oxygen atoms in total. The molecule has 0 aliphatic carbocycles. The second kappa shape index (κ2) is 7.37. The monoisotopic (exact) mass is 399 g/mol. The van der Waals surface area contributed by atoms with E-state index in [0.29, 0.717) is 30.6 Å². The summed E-state index contributed by atoms with van der Waals surface area (Å²) in [5.74, 6) is 1.45. The quantitative estimate of drug-likeness (QED) is 0.633. The Kier molecular flexibility index (Phi) is 4.91. The fourth-order valence-corrected chi connectivity index (χ4v) is 4.86. The van der Waals surface area contributed by atoms with E-state index in [0.717, 1.165) is 16.7 Å². The van der Waals surface area contributed by atoms with Gasteiger partial charge in [-0.2, -0.15) is 9.29 Å². The molecule has 1 fully saturated rings. The van der Waals surface area contributed by atoms with Crippen molar-refractivity contribution in [3.05, 3.63) is 65.5 Å². The van der Waals surface area contributed by atoms with Crippen LogP contribution in [0.1, 0.15) is 22.9 Å². The first-order chi connectivity index (χ1) is 13.5. The van der Waals surface area contributed by atoms with Gasteiger partial charge in [-0.15, -0.1) is 0 Å². The number of hydrogen-bond donors (Lipinski definition) is 0. The summed E-state index contributed by atoms with van der Waals surface area (Å²) in [4.78, 5) is 4.44. The zero-order chi connectivity index (χ0) is 19.7. The first-order valence-electron chi connectivity index (χ1n) is 8.96. The Labute approximate surface area is 164 Å². The number of sulfonamides is 1. The number of rotatable bonds is 6. The van der Waals surface area contributed by atoms with Gasteiger partial charge in [-0.05, 0) is 24.6 Å². The highest BCUT2D eigenvalue weighted by atomic mass is 32.2.